The number of fused-ring (bicyclic) bond motifs is 10. The van der Waals surface area contributed by atoms with Gasteiger partial charge in [0.15, 0.2) is 0 Å². The van der Waals surface area contributed by atoms with Crippen LogP contribution in [0.4, 0.5) is 0 Å². The van der Waals surface area contributed by atoms with Crippen LogP contribution in [0.5, 0.6) is 0 Å². The number of halogens is 1. The first-order valence-corrected chi connectivity index (χ1v) is 25.1. The fourth-order valence-corrected chi connectivity index (χ4v) is 11.2. The number of hydrogen-bond donors (Lipinski definition) is 2. The van der Waals surface area contributed by atoms with Gasteiger partial charge in [-0.05, 0) is 143 Å². The van der Waals surface area contributed by atoms with Crippen LogP contribution in [0.15, 0.2) is 271 Å². The highest BCUT2D eigenvalue weighted by Gasteiger charge is 2.22. The molecule has 14 aromatic carbocycles. The summed E-state index contributed by atoms with van der Waals surface area (Å²) in [7, 11) is -1.50. The zero-order chi connectivity index (χ0) is 48.5. The van der Waals surface area contributed by atoms with E-state index in [1.54, 1.807) is 0 Å². The Hall–Kier alpha value is -8.38. The average molecular weight is 986 g/mol. The summed E-state index contributed by atoms with van der Waals surface area (Å²) < 4.78 is 1.13. The third kappa shape index (κ3) is 8.26. The van der Waals surface area contributed by atoms with Crippen LogP contribution in [0.3, 0.4) is 0 Å². The minimum absolute atomic E-state index is 0.566. The quantitative estimate of drug-likeness (QED) is 0.105. The molecule has 0 spiro atoms. The summed E-state index contributed by atoms with van der Waals surface area (Å²) >= 11 is 3.52. The van der Waals surface area contributed by atoms with E-state index in [1.165, 1.54) is 86.9 Å². The van der Waals surface area contributed by atoms with E-state index in [1.807, 2.05) is 66.7 Å². The lowest BCUT2D eigenvalue weighted by Gasteiger charge is -2.18. The van der Waals surface area contributed by atoms with Crippen molar-refractivity contribution in [2.45, 2.75) is 0 Å². The van der Waals surface area contributed by atoms with Gasteiger partial charge in [-0.1, -0.05) is 265 Å². The Morgan fingerprint density at radius 3 is 0.944 bits per heavy atom. The minimum atomic E-state index is -1.50. The lowest BCUT2D eigenvalue weighted by Crippen LogP contribution is -2.31. The maximum absolute atomic E-state index is 9.94. The molecule has 2 nitrogen and oxygen atoms in total. The van der Waals surface area contributed by atoms with Crippen LogP contribution >= 0.6 is 15.9 Å². The van der Waals surface area contributed by atoms with E-state index >= 15 is 0 Å². The maximum Gasteiger partial charge on any atom is 0.489 e. The molecule has 0 bridgehead atoms. The first-order chi connectivity index (χ1) is 35.5. The molecule has 72 heavy (non-hydrogen) atoms. The summed E-state index contributed by atoms with van der Waals surface area (Å²) in [5, 5.41) is 39.2. The van der Waals surface area contributed by atoms with Gasteiger partial charge in [0.2, 0.25) is 0 Å². The maximum atomic E-state index is 9.94. The van der Waals surface area contributed by atoms with Crippen molar-refractivity contribution in [2.24, 2.45) is 0 Å². The first-order valence-electron chi connectivity index (χ1n) is 24.3. The lowest BCUT2D eigenvalue weighted by atomic mass is 9.72. The van der Waals surface area contributed by atoms with E-state index in [0.717, 1.165) is 37.1 Å². The Morgan fingerprint density at radius 1 is 0.236 bits per heavy atom. The third-order valence-corrected chi connectivity index (χ3v) is 14.5. The fourth-order valence-electron chi connectivity index (χ4n) is 10.8. The molecule has 0 amide bonds. The molecule has 14 rings (SSSR count). The van der Waals surface area contributed by atoms with Crippen molar-refractivity contribution < 1.29 is 10.0 Å². The van der Waals surface area contributed by atoms with Gasteiger partial charge in [0.05, 0.1) is 0 Å². The monoisotopic (exact) mass is 984 g/mol. The average Bonchev–Trinajstić information content (AvgIpc) is 3.44. The van der Waals surface area contributed by atoms with Gasteiger partial charge >= 0.3 is 7.12 Å². The van der Waals surface area contributed by atoms with Crippen molar-refractivity contribution in [3.8, 4) is 33.4 Å². The molecule has 0 fully saturated rings. The van der Waals surface area contributed by atoms with Gasteiger partial charge in [-0.3, -0.25) is 0 Å². The van der Waals surface area contributed by atoms with Crippen molar-refractivity contribution in [3.05, 3.63) is 271 Å². The van der Waals surface area contributed by atoms with Crippen LogP contribution in [0.25, 0.3) is 120 Å². The highest BCUT2D eigenvalue weighted by atomic mass is 79.9. The molecule has 0 aromatic heterocycles. The number of rotatable bonds is 4. The minimum Gasteiger partial charge on any atom is -0.423 e. The summed E-state index contributed by atoms with van der Waals surface area (Å²) in [6.45, 7) is 0. The van der Waals surface area contributed by atoms with Crippen molar-refractivity contribution in [1.82, 2.24) is 0 Å². The molecule has 4 heteroatoms. The lowest BCUT2D eigenvalue weighted by molar-refractivity contribution is 0.426. The van der Waals surface area contributed by atoms with Crippen LogP contribution in [-0.2, 0) is 0 Å². The Labute approximate surface area is 427 Å². The van der Waals surface area contributed by atoms with Crippen LogP contribution < -0.4 is 5.46 Å². The Balaban J connectivity index is 0.000000120. The normalized spacial score (nSPS) is 11.3. The highest BCUT2D eigenvalue weighted by Crippen LogP contribution is 2.44. The van der Waals surface area contributed by atoms with Crippen LogP contribution in [0.1, 0.15) is 0 Å². The van der Waals surface area contributed by atoms with Gasteiger partial charge in [-0.2, -0.15) is 0 Å². The van der Waals surface area contributed by atoms with Gasteiger partial charge in [0.1, 0.15) is 0 Å². The molecule has 0 atom stereocenters. The topological polar surface area (TPSA) is 40.5 Å². The Bertz CT molecular complexity index is 4210. The highest BCUT2D eigenvalue weighted by molar-refractivity contribution is 9.10. The zero-order valence-electron chi connectivity index (χ0n) is 39.3. The van der Waals surface area contributed by atoms with E-state index in [9.17, 15) is 10.0 Å². The summed E-state index contributed by atoms with van der Waals surface area (Å²) in [6, 6.07) is 93.8. The molecule has 0 heterocycles. The van der Waals surface area contributed by atoms with E-state index in [4.69, 9.17) is 0 Å². The summed E-state index contributed by atoms with van der Waals surface area (Å²) in [4.78, 5) is 0. The van der Waals surface area contributed by atoms with Crippen LogP contribution in [0, 0.1) is 0 Å². The molecular weight excluding hydrogens is 939 g/mol. The van der Waals surface area contributed by atoms with Crippen molar-refractivity contribution >= 4 is 115 Å². The Morgan fingerprint density at radius 2 is 0.528 bits per heavy atom. The molecule has 0 unspecified atom stereocenters. The third-order valence-electron chi connectivity index (χ3n) is 14.0. The molecule has 0 saturated carbocycles. The fraction of sp³-hybridized carbons (Fsp3) is 0. The molecule has 0 aliphatic heterocycles. The zero-order valence-corrected chi connectivity index (χ0v) is 40.8. The predicted octanol–water partition coefficient (Wildman–Crippen LogP) is 17.7. The molecule has 340 valence electrons. The molecule has 0 saturated heterocycles. The largest absolute Gasteiger partial charge is 0.489 e. The predicted molar refractivity (Wildman–Crippen MR) is 313 cm³/mol. The van der Waals surface area contributed by atoms with Crippen molar-refractivity contribution in [2.75, 3.05) is 0 Å². The van der Waals surface area contributed by atoms with Gasteiger partial charge in [0.25, 0.3) is 0 Å². The summed E-state index contributed by atoms with van der Waals surface area (Å²) in [5.41, 5.74) is 7.94. The molecule has 0 aliphatic rings. The molecule has 0 radical (unpaired) electrons. The summed E-state index contributed by atoms with van der Waals surface area (Å²) in [6.07, 6.45) is 0. The number of benzene rings is 14. The Kier molecular flexibility index (Phi) is 12.1. The SMILES string of the molecule is Brc1ccc2ccc3ccccc3c2c1.OB(O)c1c2ccccc2c(-c2ccccc2)c2ccccc12.c1ccc(-c2c3ccccc3c(-c3ccc4ccc5ccccc5c4c3)c3ccccc23)cc1. The van der Waals surface area contributed by atoms with Crippen molar-refractivity contribution in [3.63, 3.8) is 0 Å². The van der Waals surface area contributed by atoms with Gasteiger partial charge in [0, 0.05) is 4.47 Å². The second kappa shape index (κ2) is 19.4. The molecule has 14 aromatic rings. The van der Waals surface area contributed by atoms with Crippen LogP contribution in [0.2, 0.25) is 0 Å². The molecular formula is C68H46BBrO2. The molecule has 0 aliphatic carbocycles. The van der Waals surface area contributed by atoms with Crippen molar-refractivity contribution in [1.29, 1.82) is 0 Å². The second-order valence-electron chi connectivity index (χ2n) is 18.2. The van der Waals surface area contributed by atoms with E-state index < -0.39 is 7.12 Å². The second-order valence-corrected chi connectivity index (χ2v) is 19.1. The van der Waals surface area contributed by atoms with E-state index in [2.05, 4.69) is 216 Å². The van der Waals surface area contributed by atoms with Gasteiger partial charge < -0.3 is 10.0 Å². The standard InChI is InChI=1S/C34H22.C20H15BO2.C14H9Br/c1-2-11-25(12-3-1)33-28-14-6-8-16-30(28)34(31-17-9-7-15-29(31)33)26-21-20-24-19-18-23-10-4-5-13-27(23)32(24)22-26;22-21(23)20-17-12-6-4-10-15(17)19(14-8-2-1-3-9-14)16-11-5-7-13-18(16)20;15-12-8-7-11-6-5-10-3-1-2-4-13(10)14(11)9-12/h1-22H;1-13,22-23H;1-9H. The first kappa shape index (κ1) is 44.8. The van der Waals surface area contributed by atoms with Gasteiger partial charge in [-0.25, -0.2) is 0 Å². The van der Waals surface area contributed by atoms with Gasteiger partial charge in [-0.15, -0.1) is 0 Å². The molecule has 2 N–H and O–H groups in total. The number of hydrogen-bond acceptors (Lipinski definition) is 2. The summed E-state index contributed by atoms with van der Waals surface area (Å²) in [5.74, 6) is 0. The van der Waals surface area contributed by atoms with E-state index in [-0.39, 0.29) is 0 Å². The smallest absolute Gasteiger partial charge is 0.423 e. The van der Waals surface area contributed by atoms with E-state index in [0.29, 0.717) is 5.46 Å². The van der Waals surface area contributed by atoms with Crippen LogP contribution in [-0.4, -0.2) is 17.2 Å².